The van der Waals surface area contributed by atoms with E-state index in [1.54, 1.807) is 12.1 Å². The van der Waals surface area contributed by atoms with Gasteiger partial charge in [-0.1, -0.05) is 12.8 Å². The van der Waals surface area contributed by atoms with Crippen molar-refractivity contribution in [3.05, 3.63) is 36.0 Å². The average Bonchev–Trinajstić information content (AvgIpc) is 3.39. The number of thioether (sulfide) groups is 1. The van der Waals surface area contributed by atoms with Crippen molar-refractivity contribution in [1.82, 2.24) is 15.1 Å². The van der Waals surface area contributed by atoms with Crippen molar-refractivity contribution < 1.29 is 13.6 Å². The molecule has 27 heavy (non-hydrogen) atoms. The molecule has 5 nitrogen and oxygen atoms in total. The fourth-order valence-electron chi connectivity index (χ4n) is 3.82. The van der Waals surface area contributed by atoms with Gasteiger partial charge in [0.1, 0.15) is 5.82 Å². The Kier molecular flexibility index (Phi) is 5.76. The van der Waals surface area contributed by atoms with Crippen molar-refractivity contribution in [2.45, 2.75) is 49.7 Å². The average molecular weight is 389 g/mol. The van der Waals surface area contributed by atoms with Crippen LogP contribution in [-0.2, 0) is 4.79 Å². The van der Waals surface area contributed by atoms with E-state index in [0.29, 0.717) is 28.3 Å². The molecule has 0 N–H and O–H groups in total. The number of hydrogen-bond donors (Lipinski definition) is 0. The minimum absolute atomic E-state index is 0.179. The molecule has 2 aliphatic rings. The van der Waals surface area contributed by atoms with Gasteiger partial charge >= 0.3 is 0 Å². The summed E-state index contributed by atoms with van der Waals surface area (Å²) < 4.78 is 18.9. The zero-order valence-electron chi connectivity index (χ0n) is 15.3. The van der Waals surface area contributed by atoms with Crippen LogP contribution in [0.3, 0.4) is 0 Å². The topological polar surface area (TPSA) is 59.2 Å². The number of amides is 1. The molecular weight excluding hydrogens is 365 g/mol. The number of nitrogens with zero attached hydrogens (tertiary/aromatic N) is 3. The van der Waals surface area contributed by atoms with E-state index in [-0.39, 0.29) is 17.6 Å². The lowest BCUT2D eigenvalue weighted by atomic mass is 9.97. The van der Waals surface area contributed by atoms with Gasteiger partial charge in [0.25, 0.3) is 0 Å². The van der Waals surface area contributed by atoms with Gasteiger partial charge in [-0.15, -0.1) is 22.0 Å². The number of halogens is 1. The van der Waals surface area contributed by atoms with Crippen LogP contribution < -0.4 is 0 Å². The van der Waals surface area contributed by atoms with Crippen molar-refractivity contribution >= 4 is 17.7 Å². The normalized spacial score (nSPS) is 18.9. The van der Waals surface area contributed by atoms with Gasteiger partial charge in [0.05, 0.1) is 5.75 Å². The number of piperidine rings is 1. The molecule has 0 radical (unpaired) electrons. The van der Waals surface area contributed by atoms with Crippen molar-refractivity contribution in [3.8, 4) is 11.5 Å². The van der Waals surface area contributed by atoms with Crippen molar-refractivity contribution in [3.63, 3.8) is 0 Å². The van der Waals surface area contributed by atoms with E-state index in [2.05, 4.69) is 10.2 Å². The highest BCUT2D eigenvalue weighted by atomic mass is 32.2. The lowest BCUT2D eigenvalue weighted by Gasteiger charge is -2.30. The highest BCUT2D eigenvalue weighted by Gasteiger charge is 2.28. The van der Waals surface area contributed by atoms with Crippen LogP contribution in [0.15, 0.2) is 28.7 Å². The van der Waals surface area contributed by atoms with Crippen LogP contribution >= 0.6 is 11.8 Å². The maximum atomic E-state index is 13.0. The zero-order chi connectivity index (χ0) is 18.6. The minimum atomic E-state index is -0.290. The maximum absolute atomic E-state index is 13.0. The number of rotatable bonds is 5. The molecule has 0 spiro atoms. The summed E-state index contributed by atoms with van der Waals surface area (Å²) in [6.07, 6.45) is 6.81. The number of aromatic nitrogens is 2. The quantitative estimate of drug-likeness (QED) is 0.765. The minimum Gasteiger partial charge on any atom is -0.420 e. The summed E-state index contributed by atoms with van der Waals surface area (Å²) >= 11 is 1.83. The molecule has 1 aliphatic carbocycles. The number of carbonyl (C=O) groups excluding carboxylic acids is 1. The summed E-state index contributed by atoms with van der Waals surface area (Å²) in [7, 11) is 0. The third-order valence-electron chi connectivity index (χ3n) is 5.47. The Morgan fingerprint density at radius 3 is 2.52 bits per heavy atom. The predicted molar refractivity (Wildman–Crippen MR) is 103 cm³/mol. The molecule has 1 aliphatic heterocycles. The molecule has 1 amide bonds. The fourth-order valence-corrected chi connectivity index (χ4v) is 5.05. The summed E-state index contributed by atoms with van der Waals surface area (Å²) in [5, 5.41) is 8.95. The Morgan fingerprint density at radius 2 is 1.81 bits per heavy atom. The first-order valence-corrected chi connectivity index (χ1v) is 10.7. The lowest BCUT2D eigenvalue weighted by Crippen LogP contribution is -2.39. The van der Waals surface area contributed by atoms with E-state index in [1.165, 1.54) is 37.8 Å². The van der Waals surface area contributed by atoms with Gasteiger partial charge in [-0.25, -0.2) is 4.39 Å². The van der Waals surface area contributed by atoms with Gasteiger partial charge in [-0.05, 0) is 49.9 Å². The first-order chi connectivity index (χ1) is 13.2. The van der Waals surface area contributed by atoms with Crippen molar-refractivity contribution in [1.29, 1.82) is 0 Å². The number of benzene rings is 1. The van der Waals surface area contributed by atoms with E-state index in [9.17, 15) is 9.18 Å². The Hall–Kier alpha value is -1.89. The second-order valence-corrected chi connectivity index (χ2v) is 8.61. The SMILES string of the molecule is O=C(CSC1CCCC1)N1CCC(c2nnc(-c3ccc(F)cc3)o2)CC1. The molecule has 7 heteroatoms. The summed E-state index contributed by atoms with van der Waals surface area (Å²) in [4.78, 5) is 14.4. The van der Waals surface area contributed by atoms with Gasteiger partial charge in [0.15, 0.2) is 0 Å². The van der Waals surface area contributed by atoms with Crippen LogP contribution in [0, 0.1) is 5.82 Å². The molecule has 0 unspecified atom stereocenters. The molecule has 4 rings (SSSR count). The first-order valence-electron chi connectivity index (χ1n) is 9.68. The molecule has 1 aromatic carbocycles. The van der Waals surface area contributed by atoms with Crippen LogP contribution in [0.1, 0.15) is 50.3 Å². The molecule has 1 saturated heterocycles. The van der Waals surface area contributed by atoms with Gasteiger partial charge in [-0.3, -0.25) is 4.79 Å². The molecule has 2 heterocycles. The maximum Gasteiger partial charge on any atom is 0.247 e. The Bertz CT molecular complexity index is 766. The highest BCUT2D eigenvalue weighted by molar-refractivity contribution is 8.00. The Balaban J connectivity index is 1.29. The first kappa shape index (κ1) is 18.5. The largest absolute Gasteiger partial charge is 0.420 e. The van der Waals surface area contributed by atoms with Crippen molar-refractivity contribution in [2.75, 3.05) is 18.8 Å². The lowest BCUT2D eigenvalue weighted by molar-refractivity contribution is -0.129. The molecular formula is C20H24FN3O2S. The predicted octanol–water partition coefficient (Wildman–Crippen LogP) is 4.26. The van der Waals surface area contributed by atoms with E-state index in [1.807, 2.05) is 16.7 Å². The molecule has 144 valence electrons. The molecule has 1 aromatic heterocycles. The second kappa shape index (κ2) is 8.42. The zero-order valence-corrected chi connectivity index (χ0v) is 16.1. The molecule has 1 saturated carbocycles. The number of likely N-dealkylation sites (tertiary alicyclic amines) is 1. The molecule has 0 bridgehead atoms. The third-order valence-corrected chi connectivity index (χ3v) is 6.83. The van der Waals surface area contributed by atoms with Gasteiger partial charge in [0.2, 0.25) is 17.7 Å². The van der Waals surface area contributed by atoms with E-state index in [4.69, 9.17) is 4.42 Å². The summed E-state index contributed by atoms with van der Waals surface area (Å²) in [6.45, 7) is 1.48. The number of hydrogen-bond acceptors (Lipinski definition) is 5. The Labute approximate surface area is 162 Å². The molecule has 2 fully saturated rings. The number of carbonyl (C=O) groups is 1. The summed E-state index contributed by atoms with van der Waals surface area (Å²) in [6, 6.07) is 6.03. The molecule has 2 aromatic rings. The highest BCUT2D eigenvalue weighted by Crippen LogP contribution is 2.31. The van der Waals surface area contributed by atoms with E-state index >= 15 is 0 Å². The smallest absolute Gasteiger partial charge is 0.247 e. The van der Waals surface area contributed by atoms with E-state index in [0.717, 1.165) is 25.9 Å². The van der Waals surface area contributed by atoms with Crippen LogP contribution in [0.25, 0.3) is 11.5 Å². The summed E-state index contributed by atoms with van der Waals surface area (Å²) in [5.74, 6) is 1.77. The molecule has 0 atom stereocenters. The third kappa shape index (κ3) is 4.51. The van der Waals surface area contributed by atoms with Crippen LogP contribution in [0.2, 0.25) is 0 Å². The summed E-state index contributed by atoms with van der Waals surface area (Å²) in [5.41, 5.74) is 0.715. The van der Waals surface area contributed by atoms with Crippen LogP contribution in [0.4, 0.5) is 4.39 Å². The van der Waals surface area contributed by atoms with Gasteiger partial charge in [-0.2, -0.15) is 0 Å². The van der Waals surface area contributed by atoms with Gasteiger partial charge in [0, 0.05) is 29.8 Å². The van der Waals surface area contributed by atoms with Gasteiger partial charge < -0.3 is 9.32 Å². The second-order valence-electron chi connectivity index (χ2n) is 7.32. The van der Waals surface area contributed by atoms with Crippen molar-refractivity contribution in [2.24, 2.45) is 0 Å². The van der Waals surface area contributed by atoms with E-state index < -0.39 is 0 Å². The fraction of sp³-hybridized carbons (Fsp3) is 0.550. The Morgan fingerprint density at radius 1 is 1.11 bits per heavy atom. The van der Waals surface area contributed by atoms with Crippen LogP contribution in [0.5, 0.6) is 0 Å². The standard InChI is InChI=1S/C20H24FN3O2S/c21-16-7-5-14(6-8-16)19-22-23-20(26-19)15-9-11-24(12-10-15)18(25)13-27-17-3-1-2-4-17/h5-8,15,17H,1-4,9-13H2. The van der Waals surface area contributed by atoms with Crippen LogP contribution in [-0.4, -0.2) is 45.1 Å². The monoisotopic (exact) mass is 389 g/mol.